The normalized spacial score (nSPS) is 18.7. The van der Waals surface area contributed by atoms with E-state index in [2.05, 4.69) is 0 Å². The molecule has 5 nitrogen and oxygen atoms in total. The molecular formula is C19H21NO4S. The van der Waals surface area contributed by atoms with Gasteiger partial charge in [0.15, 0.2) is 0 Å². The maximum atomic E-state index is 13.0. The summed E-state index contributed by atoms with van der Waals surface area (Å²) in [4.78, 5) is 12.8. The van der Waals surface area contributed by atoms with Crippen molar-refractivity contribution < 1.29 is 17.9 Å². The van der Waals surface area contributed by atoms with Crippen molar-refractivity contribution in [2.75, 3.05) is 6.54 Å². The van der Waals surface area contributed by atoms with Gasteiger partial charge < -0.3 is 4.74 Å². The van der Waals surface area contributed by atoms with E-state index in [1.54, 1.807) is 48.5 Å². The zero-order chi connectivity index (χ0) is 17.9. The number of sulfonamides is 1. The third kappa shape index (κ3) is 3.91. The van der Waals surface area contributed by atoms with E-state index in [0.29, 0.717) is 18.7 Å². The summed E-state index contributed by atoms with van der Waals surface area (Å²) < 4.78 is 32.6. The molecule has 0 radical (unpaired) electrons. The highest BCUT2D eigenvalue weighted by atomic mass is 32.2. The Morgan fingerprint density at radius 1 is 1.04 bits per heavy atom. The van der Waals surface area contributed by atoms with E-state index in [9.17, 15) is 13.2 Å². The van der Waals surface area contributed by atoms with Crippen LogP contribution in [0.15, 0.2) is 59.5 Å². The van der Waals surface area contributed by atoms with E-state index >= 15 is 0 Å². The first kappa shape index (κ1) is 17.6. The van der Waals surface area contributed by atoms with Crippen LogP contribution in [0, 0.1) is 6.92 Å². The van der Waals surface area contributed by atoms with Gasteiger partial charge in [-0.1, -0.05) is 35.9 Å². The number of benzene rings is 2. The first-order chi connectivity index (χ1) is 12.0. The Morgan fingerprint density at radius 3 is 2.40 bits per heavy atom. The molecule has 6 heteroatoms. The zero-order valence-electron chi connectivity index (χ0n) is 14.1. The van der Waals surface area contributed by atoms with Crippen molar-refractivity contribution in [2.24, 2.45) is 0 Å². The minimum Gasteiger partial charge on any atom is -0.425 e. The Balaban J connectivity index is 1.85. The summed E-state index contributed by atoms with van der Waals surface area (Å²) >= 11 is 0. The van der Waals surface area contributed by atoms with Crippen LogP contribution in [0.2, 0.25) is 0 Å². The van der Waals surface area contributed by atoms with E-state index < -0.39 is 22.0 Å². The zero-order valence-corrected chi connectivity index (χ0v) is 14.9. The van der Waals surface area contributed by atoms with Crippen molar-refractivity contribution in [3.8, 4) is 5.75 Å². The summed E-state index contributed by atoms with van der Waals surface area (Å²) in [7, 11) is -3.73. The summed E-state index contributed by atoms with van der Waals surface area (Å²) in [5.41, 5.74) is 0.984. The average Bonchev–Trinajstić information content (AvgIpc) is 2.63. The van der Waals surface area contributed by atoms with Gasteiger partial charge in [0.25, 0.3) is 0 Å². The van der Waals surface area contributed by atoms with Crippen molar-refractivity contribution in [1.82, 2.24) is 4.31 Å². The molecule has 132 valence electrons. The molecule has 25 heavy (non-hydrogen) atoms. The highest BCUT2D eigenvalue weighted by Crippen LogP contribution is 2.27. The molecule has 2 aromatic carbocycles. The molecule has 1 heterocycles. The van der Waals surface area contributed by atoms with Gasteiger partial charge in [-0.15, -0.1) is 0 Å². The van der Waals surface area contributed by atoms with E-state index in [4.69, 9.17) is 4.74 Å². The molecule has 0 aromatic heterocycles. The lowest BCUT2D eigenvalue weighted by Crippen LogP contribution is -2.49. The van der Waals surface area contributed by atoms with Crippen LogP contribution >= 0.6 is 0 Å². The molecule has 1 aliphatic rings. The van der Waals surface area contributed by atoms with Crippen LogP contribution in [-0.4, -0.2) is 31.3 Å². The number of hydrogen-bond acceptors (Lipinski definition) is 4. The van der Waals surface area contributed by atoms with Gasteiger partial charge in [-0.3, -0.25) is 0 Å². The van der Waals surface area contributed by atoms with E-state index in [1.165, 1.54) is 4.31 Å². The second-order valence-electron chi connectivity index (χ2n) is 6.17. The molecule has 1 saturated heterocycles. The lowest BCUT2D eigenvalue weighted by atomic mass is 10.1. The molecule has 0 N–H and O–H groups in total. The predicted molar refractivity (Wildman–Crippen MR) is 94.8 cm³/mol. The van der Waals surface area contributed by atoms with Crippen molar-refractivity contribution in [2.45, 2.75) is 37.1 Å². The maximum absolute atomic E-state index is 13.0. The SMILES string of the molecule is Cc1ccc(S(=O)(=O)N2CCCC[C@@H]2C(=O)Oc2ccccc2)cc1. The van der Waals surface area contributed by atoms with Gasteiger partial charge in [0.2, 0.25) is 10.0 Å². The van der Waals surface area contributed by atoms with Crippen molar-refractivity contribution in [3.63, 3.8) is 0 Å². The first-order valence-corrected chi connectivity index (χ1v) is 9.78. The molecule has 0 aliphatic carbocycles. The highest BCUT2D eigenvalue weighted by Gasteiger charge is 2.38. The standard InChI is InChI=1S/C19H21NO4S/c1-15-10-12-17(13-11-15)25(22,23)20-14-6-5-9-18(20)19(21)24-16-7-3-2-4-8-16/h2-4,7-8,10-13,18H,5-6,9,14H2,1H3/t18-/m1/s1. The number of esters is 1. The summed E-state index contributed by atoms with van der Waals surface area (Å²) in [6.07, 6.45) is 2.01. The fraction of sp³-hybridized carbons (Fsp3) is 0.316. The topological polar surface area (TPSA) is 63.7 Å². The maximum Gasteiger partial charge on any atom is 0.329 e. The molecule has 1 atom stereocenters. The largest absolute Gasteiger partial charge is 0.425 e. The number of piperidine rings is 1. The van der Waals surface area contributed by atoms with Gasteiger partial charge in [0.05, 0.1) is 4.90 Å². The summed E-state index contributed by atoms with van der Waals surface area (Å²) in [6, 6.07) is 14.6. The first-order valence-electron chi connectivity index (χ1n) is 8.34. The molecule has 2 aromatic rings. The Labute approximate surface area is 148 Å². The molecule has 0 spiro atoms. The summed E-state index contributed by atoms with van der Waals surface area (Å²) in [6.45, 7) is 2.22. The van der Waals surface area contributed by atoms with E-state index in [-0.39, 0.29) is 4.90 Å². The van der Waals surface area contributed by atoms with Gasteiger partial charge in [-0.25, -0.2) is 13.2 Å². The highest BCUT2D eigenvalue weighted by molar-refractivity contribution is 7.89. The number of rotatable bonds is 4. The van der Waals surface area contributed by atoms with Crippen LogP contribution in [0.3, 0.4) is 0 Å². The number of nitrogens with zero attached hydrogens (tertiary/aromatic N) is 1. The lowest BCUT2D eigenvalue weighted by Gasteiger charge is -2.33. The van der Waals surface area contributed by atoms with Crippen molar-refractivity contribution in [3.05, 3.63) is 60.2 Å². The van der Waals surface area contributed by atoms with E-state index in [0.717, 1.165) is 18.4 Å². The Morgan fingerprint density at radius 2 is 1.72 bits per heavy atom. The quantitative estimate of drug-likeness (QED) is 0.621. The number of aryl methyl sites for hydroxylation is 1. The van der Waals surface area contributed by atoms with Gasteiger partial charge in [0.1, 0.15) is 11.8 Å². The van der Waals surface area contributed by atoms with Gasteiger partial charge >= 0.3 is 5.97 Å². The Kier molecular flexibility index (Phi) is 5.20. The second-order valence-corrected chi connectivity index (χ2v) is 8.07. The van der Waals surface area contributed by atoms with Crippen LogP contribution < -0.4 is 4.74 Å². The minimum atomic E-state index is -3.73. The van der Waals surface area contributed by atoms with Crippen LogP contribution in [0.1, 0.15) is 24.8 Å². The number of hydrogen-bond donors (Lipinski definition) is 0. The van der Waals surface area contributed by atoms with Crippen LogP contribution in [0.4, 0.5) is 0 Å². The third-order valence-corrected chi connectivity index (χ3v) is 6.24. The Bertz CT molecular complexity index is 831. The van der Waals surface area contributed by atoms with Gasteiger partial charge in [-0.2, -0.15) is 4.31 Å². The summed E-state index contributed by atoms with van der Waals surface area (Å²) in [5, 5.41) is 0. The molecule has 0 saturated carbocycles. The van der Waals surface area contributed by atoms with Crippen molar-refractivity contribution in [1.29, 1.82) is 0 Å². The second kappa shape index (κ2) is 7.37. The monoisotopic (exact) mass is 359 g/mol. The van der Waals surface area contributed by atoms with Crippen LogP contribution in [0.5, 0.6) is 5.75 Å². The predicted octanol–water partition coefficient (Wildman–Crippen LogP) is 3.14. The van der Waals surface area contributed by atoms with Crippen LogP contribution in [-0.2, 0) is 14.8 Å². The Hall–Kier alpha value is -2.18. The number of carbonyl (C=O) groups is 1. The molecular weight excluding hydrogens is 338 g/mol. The average molecular weight is 359 g/mol. The van der Waals surface area contributed by atoms with Crippen molar-refractivity contribution >= 4 is 16.0 Å². The smallest absolute Gasteiger partial charge is 0.329 e. The molecule has 1 fully saturated rings. The molecule has 0 bridgehead atoms. The molecule has 3 rings (SSSR count). The fourth-order valence-corrected chi connectivity index (χ4v) is 4.59. The minimum absolute atomic E-state index is 0.206. The lowest BCUT2D eigenvalue weighted by molar-refractivity contribution is -0.139. The van der Waals surface area contributed by atoms with Gasteiger partial charge in [0, 0.05) is 6.54 Å². The molecule has 1 aliphatic heterocycles. The fourth-order valence-electron chi connectivity index (χ4n) is 2.95. The number of ether oxygens (including phenoxy) is 1. The summed E-state index contributed by atoms with van der Waals surface area (Å²) in [5.74, 6) is -0.104. The molecule has 0 amide bonds. The van der Waals surface area contributed by atoms with E-state index in [1.807, 2.05) is 13.0 Å². The number of para-hydroxylation sites is 1. The number of carbonyl (C=O) groups excluding carboxylic acids is 1. The molecule has 0 unspecified atom stereocenters. The third-order valence-electron chi connectivity index (χ3n) is 4.31. The van der Waals surface area contributed by atoms with Crippen LogP contribution in [0.25, 0.3) is 0 Å². The van der Waals surface area contributed by atoms with Gasteiger partial charge in [-0.05, 0) is 50.5 Å².